The van der Waals surface area contributed by atoms with Crippen molar-refractivity contribution in [1.82, 2.24) is 38.6 Å². The van der Waals surface area contributed by atoms with Crippen molar-refractivity contribution >= 4 is 78.1 Å². The molecule has 1 amide bonds. The van der Waals surface area contributed by atoms with E-state index in [0.29, 0.717) is 0 Å². The Bertz CT molecular complexity index is 2140. The van der Waals surface area contributed by atoms with Gasteiger partial charge in [-0.05, 0) is 0 Å². The first-order chi connectivity index (χ1) is 22.8. The highest BCUT2D eigenvalue weighted by Crippen LogP contribution is 2.60. The molecule has 0 aromatic carbocycles. The third-order valence-corrected chi connectivity index (χ3v) is 11.3. The number of nitrogens with two attached hydrogens (primary N) is 1. The summed E-state index contributed by atoms with van der Waals surface area (Å²) in [5.41, 5.74) is 5.32. The molecule has 26 heteroatoms. The maximum absolute atomic E-state index is 16.1. The van der Waals surface area contributed by atoms with E-state index in [4.69, 9.17) is 33.3 Å². The Balaban J connectivity index is 1.11. The number of nitrogens with one attached hydrogen (secondary N) is 1. The number of imidazole rings is 2. The third kappa shape index (κ3) is 5.35. The predicted molar refractivity (Wildman–Crippen MR) is 164 cm³/mol. The molecule has 21 nitrogen and oxygen atoms in total. The number of amides is 1. The van der Waals surface area contributed by atoms with E-state index in [0.717, 1.165) is 10.9 Å². The van der Waals surface area contributed by atoms with Crippen LogP contribution >= 0.6 is 38.1 Å². The number of nitrogens with zero attached hydrogens (tertiary/aromatic N) is 8. The number of rotatable bonds is 2. The number of aliphatic hydroxyl groups excluding tert-OH is 1. The molecule has 4 aromatic rings. The van der Waals surface area contributed by atoms with Gasteiger partial charge in [0.2, 0.25) is 11.9 Å². The molecule has 3 unspecified atom stereocenters. The fourth-order valence-corrected chi connectivity index (χ4v) is 8.81. The molecule has 3 saturated heterocycles. The first-order valence-corrected chi connectivity index (χ1v) is 19.3. The van der Waals surface area contributed by atoms with E-state index in [1.807, 2.05) is 0 Å². The van der Waals surface area contributed by atoms with Crippen molar-refractivity contribution < 1.29 is 51.0 Å². The van der Waals surface area contributed by atoms with Gasteiger partial charge in [0.1, 0.15) is 48.9 Å². The normalized spacial score (nSPS) is 37.1. The topological polar surface area (TPSA) is 261 Å². The monoisotopic (exact) mass is 748 g/mol. The Labute approximate surface area is 276 Å². The van der Waals surface area contributed by atoms with Gasteiger partial charge in [-0.3, -0.25) is 46.7 Å². The number of fused-ring (bicyclic) bond motifs is 6. The van der Waals surface area contributed by atoms with Crippen LogP contribution in [0.25, 0.3) is 22.3 Å². The first kappa shape index (κ1) is 32.2. The van der Waals surface area contributed by atoms with Crippen molar-refractivity contribution in [2.24, 2.45) is 0 Å². The summed E-state index contributed by atoms with van der Waals surface area (Å²) in [6, 6.07) is 0. The minimum Gasteiger partial charge on any atom is -0.387 e. The Morgan fingerprint density at radius 1 is 0.917 bits per heavy atom. The molecule has 0 radical (unpaired) electrons. The minimum absolute atomic E-state index is 0.0376. The summed E-state index contributed by atoms with van der Waals surface area (Å²) in [6.45, 7) is -10.5. The smallest absolute Gasteiger partial charge is 0.386 e. The Hall–Kier alpha value is -3.02. The molecule has 3 fully saturated rings. The van der Waals surface area contributed by atoms with Crippen LogP contribution in [0.3, 0.4) is 0 Å². The quantitative estimate of drug-likeness (QED) is 0.137. The van der Waals surface area contributed by atoms with Gasteiger partial charge in [0.05, 0.1) is 25.9 Å². The van der Waals surface area contributed by atoms with Crippen molar-refractivity contribution in [2.75, 3.05) is 24.3 Å². The maximum atomic E-state index is 16.1. The number of aromatic nitrogens is 8. The van der Waals surface area contributed by atoms with Crippen LogP contribution in [0.2, 0.25) is 0 Å². The maximum Gasteiger partial charge on any atom is 0.386 e. The summed E-state index contributed by atoms with van der Waals surface area (Å²) in [7, 11) is 0. The van der Waals surface area contributed by atoms with Crippen LogP contribution in [-0.2, 0) is 48.0 Å². The molecule has 4 N–H and O–H groups in total. The van der Waals surface area contributed by atoms with E-state index in [-0.39, 0.29) is 40.6 Å². The molecular weight excluding hydrogens is 725 g/mol. The SMILES string of the molecule is Nc1ncnc2c1ncn2[C@@H]1O[C@@H]2COP(=O)(S)OC3[C@H](n4cnc5c(=O)n6c(nc54)NC(=O)C6)O[C@H](COP(=O)(S)O[C@H]2[C@@H]1F)[C@H]3O. The summed E-state index contributed by atoms with van der Waals surface area (Å²) in [6.07, 6.45) is -8.96. The second-order valence-electron chi connectivity index (χ2n) is 11.0. The van der Waals surface area contributed by atoms with Gasteiger partial charge in [0.25, 0.3) is 5.56 Å². The van der Waals surface area contributed by atoms with Crippen LogP contribution in [-0.4, -0.2) is 99.5 Å². The van der Waals surface area contributed by atoms with Crippen LogP contribution in [0, 0.1) is 0 Å². The third-order valence-electron chi connectivity index (χ3n) is 8.06. The highest BCUT2D eigenvalue weighted by atomic mass is 32.7. The summed E-state index contributed by atoms with van der Waals surface area (Å²) >= 11 is 8.07. The second kappa shape index (κ2) is 11.5. The van der Waals surface area contributed by atoms with Crippen molar-refractivity contribution in [3.05, 3.63) is 29.3 Å². The fraction of sp³-hybridized carbons (Fsp3) is 0.500. The van der Waals surface area contributed by atoms with Gasteiger partial charge < -0.3 is 20.3 Å². The van der Waals surface area contributed by atoms with Crippen molar-refractivity contribution in [3.63, 3.8) is 0 Å². The lowest BCUT2D eigenvalue weighted by atomic mass is 10.1. The Kier molecular flexibility index (Phi) is 7.73. The lowest BCUT2D eigenvalue weighted by molar-refractivity contribution is -0.115. The van der Waals surface area contributed by atoms with Gasteiger partial charge in [-0.25, -0.2) is 33.5 Å². The van der Waals surface area contributed by atoms with E-state index >= 15 is 4.39 Å². The molecule has 8 rings (SSSR count). The standard InChI is InChI=1S/C22H23FN10O11P2S2/c23-10-14-8(42-20(10)32-5-27-11-16(24)25-4-26-17(11)32)3-40-46(38,48)44-15-13(35)7(2-39-45(37,47)43-14)41-21(15)33-6-28-12-18(33)30-22-29-9(34)1-31(22)19(12)36/h4-8,10,13-15,20-21,35H,1-3H2,(H,37,47)(H,38,48)(H2,24,25,26)(H,29,30,34)/t7-,8-,10+,13-,14-,15?,20-,21-,45?,46?/m1/s1. The molecule has 0 saturated carbocycles. The van der Waals surface area contributed by atoms with E-state index in [1.165, 1.54) is 21.8 Å². The average molecular weight is 749 g/mol. The van der Waals surface area contributed by atoms with Crippen LogP contribution in [0.15, 0.2) is 23.8 Å². The molecule has 48 heavy (non-hydrogen) atoms. The van der Waals surface area contributed by atoms with Crippen molar-refractivity contribution in [3.8, 4) is 0 Å². The second-order valence-corrected chi connectivity index (χ2v) is 16.8. The van der Waals surface area contributed by atoms with Gasteiger partial charge in [-0.15, -0.1) is 0 Å². The average Bonchev–Trinajstić information content (AvgIpc) is 3.84. The summed E-state index contributed by atoms with van der Waals surface area (Å²) in [4.78, 5) is 45.3. The lowest BCUT2D eigenvalue weighted by Crippen LogP contribution is -2.35. The molecule has 0 aliphatic carbocycles. The Morgan fingerprint density at radius 3 is 2.31 bits per heavy atom. The minimum atomic E-state index is -4.46. The lowest BCUT2D eigenvalue weighted by Gasteiger charge is -2.26. The number of hydrogen-bond donors (Lipinski definition) is 5. The number of hydrogen-bond acceptors (Lipinski definition) is 17. The molecule has 2 bridgehead atoms. The number of ether oxygens (including phenoxy) is 2. The largest absolute Gasteiger partial charge is 0.387 e. The van der Waals surface area contributed by atoms with Crippen LogP contribution in [0.5, 0.6) is 0 Å². The zero-order chi connectivity index (χ0) is 33.7. The van der Waals surface area contributed by atoms with Gasteiger partial charge >= 0.3 is 13.6 Å². The van der Waals surface area contributed by atoms with Crippen molar-refractivity contribution in [1.29, 1.82) is 0 Å². The molecule has 256 valence electrons. The predicted octanol–water partition coefficient (Wildman–Crippen LogP) is 0.354. The van der Waals surface area contributed by atoms with Gasteiger partial charge in [-0.1, -0.05) is 24.5 Å². The molecule has 0 spiro atoms. The van der Waals surface area contributed by atoms with E-state index < -0.39 is 87.4 Å². The fourth-order valence-electron chi connectivity index (χ4n) is 5.87. The zero-order valence-electron chi connectivity index (χ0n) is 23.8. The van der Waals surface area contributed by atoms with Gasteiger partial charge in [0, 0.05) is 0 Å². The number of halogens is 1. The highest BCUT2D eigenvalue weighted by Gasteiger charge is 2.54. The van der Waals surface area contributed by atoms with E-state index in [9.17, 15) is 23.8 Å². The number of aliphatic hydroxyl groups is 1. The molecule has 4 aliphatic heterocycles. The van der Waals surface area contributed by atoms with Crippen LogP contribution < -0.4 is 16.6 Å². The summed E-state index contributed by atoms with van der Waals surface area (Å²) in [5.74, 6) is -0.479. The number of alkyl halides is 1. The number of carbonyl (C=O) groups excluding carboxylic acids is 1. The number of anilines is 2. The molecule has 4 aliphatic rings. The van der Waals surface area contributed by atoms with E-state index in [2.05, 4.69) is 54.7 Å². The zero-order valence-corrected chi connectivity index (χ0v) is 27.4. The first-order valence-electron chi connectivity index (χ1n) is 13.9. The van der Waals surface area contributed by atoms with Crippen LogP contribution in [0.1, 0.15) is 12.5 Å². The molecular formula is C22H23FN10O11P2S2. The number of nitrogen functional groups attached to an aromatic ring is 1. The highest BCUT2D eigenvalue weighted by molar-refractivity contribution is 8.44. The summed E-state index contributed by atoms with van der Waals surface area (Å²) in [5, 5.41) is 13.7. The van der Waals surface area contributed by atoms with E-state index in [1.54, 1.807) is 0 Å². The summed E-state index contributed by atoms with van der Waals surface area (Å²) < 4.78 is 80.6. The molecule has 4 aromatic heterocycles. The van der Waals surface area contributed by atoms with Gasteiger partial charge in [0.15, 0.2) is 41.3 Å². The van der Waals surface area contributed by atoms with Gasteiger partial charge in [-0.2, -0.15) is 4.98 Å². The number of thiol groups is 2. The molecule has 10 atom stereocenters. The molecule has 8 heterocycles. The van der Waals surface area contributed by atoms with Crippen molar-refractivity contribution in [2.45, 2.75) is 55.7 Å². The Morgan fingerprint density at radius 2 is 1.56 bits per heavy atom. The van der Waals surface area contributed by atoms with Crippen LogP contribution in [0.4, 0.5) is 16.2 Å². The number of carbonyl (C=O) groups is 1.